The number of hydrogen-bond acceptors (Lipinski definition) is 5. The topological polar surface area (TPSA) is 42.9 Å². The van der Waals surface area contributed by atoms with E-state index < -0.39 is 0 Å². The van der Waals surface area contributed by atoms with E-state index in [1.807, 2.05) is 43.3 Å². The van der Waals surface area contributed by atoms with Crippen LogP contribution in [0, 0.1) is 6.92 Å². The third-order valence-electron chi connectivity index (χ3n) is 3.08. The molecule has 0 unspecified atom stereocenters. The van der Waals surface area contributed by atoms with E-state index in [-0.39, 0.29) is 5.78 Å². The van der Waals surface area contributed by atoms with Crippen molar-refractivity contribution in [1.82, 2.24) is 9.97 Å². The Labute approximate surface area is 147 Å². The van der Waals surface area contributed by atoms with Crippen LogP contribution >= 0.6 is 34.7 Å². The summed E-state index contributed by atoms with van der Waals surface area (Å²) in [5, 5.41) is 0.611. The second-order valence-corrected chi connectivity index (χ2v) is 7.52. The minimum Gasteiger partial charge on any atom is -0.292 e. The minimum absolute atomic E-state index is 0.0401. The molecule has 116 valence electrons. The molecule has 23 heavy (non-hydrogen) atoms. The van der Waals surface area contributed by atoms with Crippen LogP contribution in [-0.4, -0.2) is 21.5 Å². The number of hydrogen-bond donors (Lipinski definition) is 0. The molecule has 3 rings (SSSR count). The molecular formula is C17H13ClN2OS2. The van der Waals surface area contributed by atoms with Crippen LogP contribution in [0.25, 0.3) is 11.3 Å². The summed E-state index contributed by atoms with van der Waals surface area (Å²) >= 11 is 8.51. The van der Waals surface area contributed by atoms with Crippen molar-refractivity contribution in [2.45, 2.75) is 12.1 Å². The van der Waals surface area contributed by atoms with Gasteiger partial charge >= 0.3 is 0 Å². The van der Waals surface area contributed by atoms with Gasteiger partial charge in [0.1, 0.15) is 0 Å². The Balaban J connectivity index is 1.76. The molecule has 3 nitrogen and oxygen atoms in total. The highest BCUT2D eigenvalue weighted by atomic mass is 35.5. The van der Waals surface area contributed by atoms with Crippen LogP contribution in [-0.2, 0) is 0 Å². The summed E-state index contributed by atoms with van der Waals surface area (Å²) in [6.45, 7) is 1.93. The molecule has 0 saturated carbocycles. The van der Waals surface area contributed by atoms with Gasteiger partial charge in [-0.3, -0.25) is 4.79 Å². The van der Waals surface area contributed by atoms with E-state index in [1.165, 1.54) is 23.1 Å². The Bertz CT molecular complexity index is 834. The van der Waals surface area contributed by atoms with Gasteiger partial charge in [-0.05, 0) is 25.1 Å². The molecule has 0 fully saturated rings. The number of Topliss-reactive ketones (excluding diaryl/α,β-unsaturated/α-hetero) is 1. The second-order valence-electron chi connectivity index (χ2n) is 4.86. The van der Waals surface area contributed by atoms with Crippen LogP contribution in [0.15, 0.2) is 53.7 Å². The lowest BCUT2D eigenvalue weighted by Crippen LogP contribution is -2.01. The van der Waals surface area contributed by atoms with Crippen molar-refractivity contribution < 1.29 is 4.79 Å². The first-order valence-corrected chi connectivity index (χ1v) is 9.12. The maximum absolute atomic E-state index is 12.1. The van der Waals surface area contributed by atoms with Crippen LogP contribution in [0.2, 0.25) is 4.34 Å². The van der Waals surface area contributed by atoms with E-state index >= 15 is 0 Å². The van der Waals surface area contributed by atoms with E-state index in [4.69, 9.17) is 11.6 Å². The number of benzene rings is 1. The number of ketones is 1. The number of thioether (sulfide) groups is 1. The van der Waals surface area contributed by atoms with Gasteiger partial charge in [-0.2, -0.15) is 0 Å². The van der Waals surface area contributed by atoms with E-state index in [1.54, 1.807) is 12.1 Å². The van der Waals surface area contributed by atoms with Gasteiger partial charge < -0.3 is 0 Å². The molecule has 0 N–H and O–H groups in total. The first kappa shape index (κ1) is 16.2. The quantitative estimate of drug-likeness (QED) is 0.359. The van der Waals surface area contributed by atoms with Crippen molar-refractivity contribution in [3.05, 3.63) is 63.4 Å². The Hall–Kier alpha value is -1.69. The average molecular weight is 361 g/mol. The number of carbonyl (C=O) groups is 1. The first-order valence-electron chi connectivity index (χ1n) is 6.94. The lowest BCUT2D eigenvalue weighted by atomic mass is 10.1. The summed E-state index contributed by atoms with van der Waals surface area (Å²) in [6, 6.07) is 15.4. The first-order chi connectivity index (χ1) is 11.1. The van der Waals surface area contributed by atoms with Crippen molar-refractivity contribution in [2.75, 3.05) is 5.75 Å². The molecule has 0 radical (unpaired) electrons. The van der Waals surface area contributed by atoms with Gasteiger partial charge in [-0.1, -0.05) is 53.7 Å². The van der Waals surface area contributed by atoms with E-state index in [9.17, 15) is 4.79 Å². The standard InChI is InChI=1S/C17H13ClN2OS2/c1-11-9-13(12-5-3-2-4-6-12)20-17(19-11)22-10-14(21)15-7-8-16(18)23-15/h2-9H,10H2,1H3. The number of nitrogens with zero attached hydrogens (tertiary/aromatic N) is 2. The molecule has 0 spiro atoms. The zero-order chi connectivity index (χ0) is 16.2. The summed E-state index contributed by atoms with van der Waals surface area (Å²) in [6.07, 6.45) is 0. The van der Waals surface area contributed by atoms with E-state index in [2.05, 4.69) is 9.97 Å². The molecule has 0 aliphatic rings. The van der Waals surface area contributed by atoms with E-state index in [0.29, 0.717) is 20.1 Å². The van der Waals surface area contributed by atoms with Gasteiger partial charge in [0.2, 0.25) is 0 Å². The van der Waals surface area contributed by atoms with E-state index in [0.717, 1.165) is 17.0 Å². The van der Waals surface area contributed by atoms with Crippen LogP contribution in [0.5, 0.6) is 0 Å². The summed E-state index contributed by atoms with van der Waals surface area (Å²) in [5.74, 6) is 0.340. The molecule has 0 bridgehead atoms. The highest BCUT2D eigenvalue weighted by Gasteiger charge is 2.12. The molecule has 2 heterocycles. The third-order valence-corrected chi connectivity index (χ3v) is 5.20. The number of aromatic nitrogens is 2. The van der Waals surface area contributed by atoms with Gasteiger partial charge in [0.25, 0.3) is 0 Å². The van der Waals surface area contributed by atoms with Gasteiger partial charge in [0.15, 0.2) is 10.9 Å². The van der Waals surface area contributed by atoms with Crippen molar-refractivity contribution in [3.8, 4) is 11.3 Å². The fourth-order valence-electron chi connectivity index (χ4n) is 2.03. The molecule has 0 aliphatic carbocycles. The number of rotatable bonds is 5. The summed E-state index contributed by atoms with van der Waals surface area (Å²) in [5.41, 5.74) is 2.79. The zero-order valence-electron chi connectivity index (χ0n) is 12.3. The Morgan fingerprint density at radius 2 is 1.96 bits per heavy atom. The third kappa shape index (κ3) is 4.19. The molecule has 0 aliphatic heterocycles. The van der Waals surface area contributed by atoms with Crippen LogP contribution in [0.4, 0.5) is 0 Å². The zero-order valence-corrected chi connectivity index (χ0v) is 14.7. The molecule has 1 aromatic carbocycles. The SMILES string of the molecule is Cc1cc(-c2ccccc2)nc(SCC(=O)c2ccc(Cl)s2)n1. The molecule has 0 saturated heterocycles. The Morgan fingerprint density at radius 1 is 1.17 bits per heavy atom. The maximum atomic E-state index is 12.1. The van der Waals surface area contributed by atoms with Crippen molar-refractivity contribution in [1.29, 1.82) is 0 Å². The molecule has 0 atom stereocenters. The summed E-state index contributed by atoms with van der Waals surface area (Å²) in [4.78, 5) is 21.8. The van der Waals surface area contributed by atoms with Gasteiger partial charge in [-0.15, -0.1) is 11.3 Å². The van der Waals surface area contributed by atoms with Gasteiger partial charge in [0, 0.05) is 11.3 Å². The Morgan fingerprint density at radius 3 is 2.65 bits per heavy atom. The number of carbonyl (C=O) groups excluding carboxylic acids is 1. The monoisotopic (exact) mass is 360 g/mol. The fourth-order valence-corrected chi connectivity index (χ4v) is 3.89. The maximum Gasteiger partial charge on any atom is 0.188 e. The highest BCUT2D eigenvalue weighted by molar-refractivity contribution is 7.99. The minimum atomic E-state index is 0.0401. The largest absolute Gasteiger partial charge is 0.292 e. The molecule has 3 aromatic rings. The lowest BCUT2D eigenvalue weighted by Gasteiger charge is -2.05. The average Bonchev–Trinajstić information content (AvgIpc) is 2.99. The normalized spacial score (nSPS) is 10.7. The molecule has 6 heteroatoms. The number of aryl methyl sites for hydroxylation is 1. The van der Waals surface area contributed by atoms with Crippen molar-refractivity contribution in [2.24, 2.45) is 0 Å². The smallest absolute Gasteiger partial charge is 0.188 e. The lowest BCUT2D eigenvalue weighted by molar-refractivity contribution is 0.102. The van der Waals surface area contributed by atoms with Crippen LogP contribution in [0.1, 0.15) is 15.4 Å². The number of halogens is 1. The fraction of sp³-hybridized carbons (Fsp3) is 0.118. The van der Waals surface area contributed by atoms with Gasteiger partial charge in [0.05, 0.1) is 20.7 Å². The summed E-state index contributed by atoms with van der Waals surface area (Å²) < 4.78 is 0.622. The van der Waals surface area contributed by atoms with Crippen molar-refractivity contribution in [3.63, 3.8) is 0 Å². The second kappa shape index (κ2) is 7.25. The molecule has 2 aromatic heterocycles. The predicted molar refractivity (Wildman–Crippen MR) is 96.6 cm³/mol. The Kier molecular flexibility index (Phi) is 5.10. The summed E-state index contributed by atoms with van der Waals surface area (Å²) in [7, 11) is 0. The van der Waals surface area contributed by atoms with Crippen LogP contribution in [0.3, 0.4) is 0 Å². The van der Waals surface area contributed by atoms with Gasteiger partial charge in [-0.25, -0.2) is 9.97 Å². The van der Waals surface area contributed by atoms with Crippen LogP contribution < -0.4 is 0 Å². The highest BCUT2D eigenvalue weighted by Crippen LogP contribution is 2.25. The molecule has 0 amide bonds. The molecular weight excluding hydrogens is 348 g/mol. The predicted octanol–water partition coefficient (Wildman–Crippen LogP) is 5.14. The van der Waals surface area contributed by atoms with Crippen molar-refractivity contribution >= 4 is 40.5 Å². The number of thiophene rings is 1.